The van der Waals surface area contributed by atoms with Crippen molar-refractivity contribution in [2.75, 3.05) is 6.61 Å². The molecule has 2 amide bonds. The molecule has 3 aromatic carbocycles. The van der Waals surface area contributed by atoms with Crippen LogP contribution in [-0.2, 0) is 22.6 Å². The van der Waals surface area contributed by atoms with E-state index >= 15 is 0 Å². The normalized spacial score (nSPS) is 12.5. The summed E-state index contributed by atoms with van der Waals surface area (Å²) in [4.78, 5) is 28.6. The lowest BCUT2D eigenvalue weighted by Crippen LogP contribution is -2.53. The Morgan fingerprint density at radius 1 is 1.00 bits per heavy atom. The summed E-state index contributed by atoms with van der Waals surface area (Å²) in [5.74, 6) is 0.0724. The summed E-state index contributed by atoms with van der Waals surface area (Å²) < 4.78 is 6.70. The molecule has 3 aromatic rings. The number of carbonyl (C=O) groups is 2. The number of hydrogen-bond acceptors (Lipinski definition) is 3. The highest BCUT2D eigenvalue weighted by Crippen LogP contribution is 2.21. The molecule has 0 spiro atoms. The van der Waals surface area contributed by atoms with Gasteiger partial charge in [-0.05, 0) is 54.8 Å². The second-order valence-electron chi connectivity index (χ2n) is 8.38. The predicted octanol–water partition coefficient (Wildman–Crippen LogP) is 6.04. The first-order chi connectivity index (χ1) is 16.9. The zero-order valence-corrected chi connectivity index (χ0v) is 22.3. The van der Waals surface area contributed by atoms with Gasteiger partial charge in [-0.25, -0.2) is 0 Å². The molecule has 0 radical (unpaired) electrons. The molecule has 0 saturated carbocycles. The van der Waals surface area contributed by atoms with Gasteiger partial charge >= 0.3 is 0 Å². The maximum absolute atomic E-state index is 13.6. The van der Waals surface area contributed by atoms with Crippen LogP contribution in [0, 0.1) is 0 Å². The molecule has 1 N–H and O–H groups in total. The van der Waals surface area contributed by atoms with Gasteiger partial charge < -0.3 is 15.0 Å². The minimum atomic E-state index is -0.733. The highest BCUT2D eigenvalue weighted by molar-refractivity contribution is 9.10. The number of nitrogens with zero attached hydrogens (tertiary/aromatic N) is 1. The van der Waals surface area contributed by atoms with Crippen LogP contribution in [0.3, 0.4) is 0 Å². The highest BCUT2D eigenvalue weighted by atomic mass is 79.9. The van der Waals surface area contributed by atoms with E-state index in [9.17, 15) is 9.59 Å². The van der Waals surface area contributed by atoms with Gasteiger partial charge in [0.1, 0.15) is 11.8 Å². The molecule has 0 unspecified atom stereocenters. The zero-order chi connectivity index (χ0) is 25.2. The van der Waals surface area contributed by atoms with Crippen LogP contribution in [-0.4, -0.2) is 35.4 Å². The van der Waals surface area contributed by atoms with Crippen LogP contribution in [0.5, 0.6) is 5.75 Å². The summed E-state index contributed by atoms with van der Waals surface area (Å²) in [6, 6.07) is 23.6. The average molecular weight is 558 g/mol. The van der Waals surface area contributed by atoms with Gasteiger partial charge in [0.25, 0.3) is 5.91 Å². The van der Waals surface area contributed by atoms with E-state index in [4.69, 9.17) is 16.3 Å². The maximum atomic E-state index is 13.6. The smallest absolute Gasteiger partial charge is 0.261 e. The lowest BCUT2D eigenvalue weighted by atomic mass is 10.0. The van der Waals surface area contributed by atoms with E-state index in [1.54, 1.807) is 23.1 Å². The van der Waals surface area contributed by atoms with Crippen molar-refractivity contribution >= 4 is 39.3 Å². The molecule has 0 aromatic heterocycles. The Hall–Kier alpha value is -2.83. The van der Waals surface area contributed by atoms with Crippen LogP contribution < -0.4 is 10.1 Å². The van der Waals surface area contributed by atoms with Crippen LogP contribution >= 0.6 is 27.5 Å². The van der Waals surface area contributed by atoms with Crippen LogP contribution in [0.4, 0.5) is 0 Å². The third-order valence-electron chi connectivity index (χ3n) is 5.75. The molecule has 0 saturated heterocycles. The van der Waals surface area contributed by atoms with Crippen LogP contribution in [0.1, 0.15) is 31.4 Å². The topological polar surface area (TPSA) is 58.6 Å². The Kier molecular flexibility index (Phi) is 10.2. The number of nitrogens with one attached hydrogen (secondary N) is 1. The number of amides is 2. The first-order valence-electron chi connectivity index (χ1n) is 11.6. The summed E-state index contributed by atoms with van der Waals surface area (Å²) in [5.41, 5.74) is 1.73. The first-order valence-corrected chi connectivity index (χ1v) is 12.8. The minimum Gasteiger partial charge on any atom is -0.484 e. The molecule has 0 aliphatic carbocycles. The molecule has 0 aliphatic heterocycles. The maximum Gasteiger partial charge on any atom is 0.261 e. The summed E-state index contributed by atoms with van der Waals surface area (Å²) in [6.07, 6.45) is 1.16. The second kappa shape index (κ2) is 13.3. The SMILES string of the molecule is CC[C@@H](C)NC(=O)[C@H](Cc1ccccc1)N(Cc1ccccc1Cl)C(=O)COc1ccc(Br)cc1. The van der Waals surface area contributed by atoms with Gasteiger partial charge in [-0.2, -0.15) is 0 Å². The van der Waals surface area contributed by atoms with Crippen molar-refractivity contribution in [2.24, 2.45) is 0 Å². The molecular formula is C28H30BrClN2O3. The first kappa shape index (κ1) is 26.8. The van der Waals surface area contributed by atoms with Gasteiger partial charge in [-0.15, -0.1) is 0 Å². The van der Waals surface area contributed by atoms with Crippen LogP contribution in [0.25, 0.3) is 0 Å². The van der Waals surface area contributed by atoms with Crippen LogP contribution in [0.2, 0.25) is 5.02 Å². The van der Waals surface area contributed by atoms with Gasteiger partial charge in [0.05, 0.1) is 0 Å². The average Bonchev–Trinajstić information content (AvgIpc) is 2.87. The van der Waals surface area contributed by atoms with Crippen molar-refractivity contribution in [1.29, 1.82) is 0 Å². The van der Waals surface area contributed by atoms with Gasteiger partial charge in [-0.1, -0.05) is 83.0 Å². The molecule has 0 bridgehead atoms. The molecule has 7 heteroatoms. The molecule has 0 fully saturated rings. The van der Waals surface area contributed by atoms with E-state index in [1.165, 1.54) is 0 Å². The van der Waals surface area contributed by atoms with Crippen molar-refractivity contribution < 1.29 is 14.3 Å². The lowest BCUT2D eigenvalue weighted by molar-refractivity contribution is -0.143. The fourth-order valence-corrected chi connectivity index (χ4v) is 4.02. The van der Waals surface area contributed by atoms with Crippen molar-refractivity contribution in [1.82, 2.24) is 10.2 Å². The van der Waals surface area contributed by atoms with Gasteiger partial charge in [0, 0.05) is 28.5 Å². The fourth-order valence-electron chi connectivity index (χ4n) is 3.56. The van der Waals surface area contributed by atoms with Crippen molar-refractivity contribution in [3.8, 4) is 5.75 Å². The number of ether oxygens (including phenoxy) is 1. The Balaban J connectivity index is 1.91. The fraction of sp³-hybridized carbons (Fsp3) is 0.286. The Bertz CT molecular complexity index is 1110. The Morgan fingerprint density at radius 3 is 2.31 bits per heavy atom. The molecule has 3 rings (SSSR count). The largest absolute Gasteiger partial charge is 0.484 e. The third-order valence-corrected chi connectivity index (χ3v) is 6.64. The monoisotopic (exact) mass is 556 g/mol. The van der Waals surface area contributed by atoms with E-state index in [0.29, 0.717) is 17.2 Å². The molecule has 35 heavy (non-hydrogen) atoms. The summed E-state index contributed by atoms with van der Waals surface area (Å²) in [5, 5.41) is 3.60. The second-order valence-corrected chi connectivity index (χ2v) is 9.70. The molecule has 0 aliphatic rings. The summed E-state index contributed by atoms with van der Waals surface area (Å²) in [7, 11) is 0. The molecular weight excluding hydrogens is 528 g/mol. The molecule has 5 nitrogen and oxygen atoms in total. The van der Waals surface area contributed by atoms with Crippen LogP contribution in [0.15, 0.2) is 83.3 Å². The summed E-state index contributed by atoms with van der Waals surface area (Å²) in [6.45, 7) is 3.95. The van der Waals surface area contributed by atoms with E-state index in [-0.39, 0.29) is 31.0 Å². The van der Waals surface area contributed by atoms with E-state index in [1.807, 2.05) is 74.5 Å². The number of carbonyl (C=O) groups excluding carboxylic acids is 2. The Labute approximate surface area is 220 Å². The Morgan fingerprint density at radius 2 is 1.66 bits per heavy atom. The number of hydrogen-bond donors (Lipinski definition) is 1. The lowest BCUT2D eigenvalue weighted by Gasteiger charge is -2.32. The number of halogens is 2. The van der Waals surface area contributed by atoms with Crippen molar-refractivity contribution in [3.63, 3.8) is 0 Å². The molecule has 2 atom stereocenters. The number of benzene rings is 3. The van der Waals surface area contributed by atoms with E-state index in [0.717, 1.165) is 22.0 Å². The quantitative estimate of drug-likeness (QED) is 0.313. The standard InChI is InChI=1S/C28H30BrClN2O3/c1-3-20(2)31-28(34)26(17-21-9-5-4-6-10-21)32(18-22-11-7-8-12-25(22)30)27(33)19-35-24-15-13-23(29)14-16-24/h4-16,20,26H,3,17-19H2,1-2H3,(H,31,34)/t20-,26+/m1/s1. The van der Waals surface area contributed by atoms with E-state index in [2.05, 4.69) is 21.2 Å². The van der Waals surface area contributed by atoms with Crippen molar-refractivity contribution in [3.05, 3.63) is 99.5 Å². The van der Waals surface area contributed by atoms with E-state index < -0.39 is 6.04 Å². The van der Waals surface area contributed by atoms with Crippen molar-refractivity contribution in [2.45, 2.75) is 45.3 Å². The van der Waals surface area contributed by atoms with Gasteiger partial charge in [-0.3, -0.25) is 9.59 Å². The highest BCUT2D eigenvalue weighted by Gasteiger charge is 2.31. The minimum absolute atomic E-state index is 0.0166. The number of rotatable bonds is 11. The van der Waals surface area contributed by atoms with Gasteiger partial charge in [0.15, 0.2) is 6.61 Å². The predicted molar refractivity (Wildman–Crippen MR) is 143 cm³/mol. The molecule has 0 heterocycles. The third kappa shape index (κ3) is 8.11. The van der Waals surface area contributed by atoms with Gasteiger partial charge in [0.2, 0.25) is 5.91 Å². The molecule has 184 valence electrons. The summed E-state index contributed by atoms with van der Waals surface area (Å²) >= 11 is 9.83. The zero-order valence-electron chi connectivity index (χ0n) is 19.9.